The van der Waals surface area contributed by atoms with Crippen LogP contribution in [0.25, 0.3) is 0 Å². The predicted molar refractivity (Wildman–Crippen MR) is 68.7 cm³/mol. The van der Waals surface area contributed by atoms with Crippen LogP contribution in [0, 0.1) is 5.82 Å². The molecule has 2 rings (SSSR count). The zero-order valence-electron chi connectivity index (χ0n) is 10.8. The van der Waals surface area contributed by atoms with Gasteiger partial charge in [0.1, 0.15) is 5.82 Å². The Hall–Kier alpha value is -1.42. The van der Waals surface area contributed by atoms with E-state index in [4.69, 9.17) is 5.73 Å². The Morgan fingerprint density at radius 3 is 2.89 bits per heavy atom. The van der Waals surface area contributed by atoms with Crippen molar-refractivity contribution in [1.29, 1.82) is 0 Å². The quantitative estimate of drug-likeness (QED) is 0.830. The van der Waals surface area contributed by atoms with Crippen molar-refractivity contribution >= 4 is 5.91 Å². The van der Waals surface area contributed by atoms with Gasteiger partial charge in [-0.2, -0.15) is 0 Å². The number of carbonyl (C=O) groups is 1. The second-order valence-electron chi connectivity index (χ2n) is 5.54. The summed E-state index contributed by atoms with van der Waals surface area (Å²) in [5.74, 6) is -0.533. The summed E-state index contributed by atoms with van der Waals surface area (Å²) in [5.41, 5.74) is 6.09. The number of carbonyl (C=O) groups excluding carboxylic acids is 1. The summed E-state index contributed by atoms with van der Waals surface area (Å²) >= 11 is 0. The first-order chi connectivity index (χ1) is 8.40. The van der Waals surface area contributed by atoms with E-state index in [2.05, 4.69) is 0 Å². The summed E-state index contributed by atoms with van der Waals surface area (Å²) < 4.78 is 13.2. The molecule has 0 saturated carbocycles. The Labute approximate surface area is 107 Å². The van der Waals surface area contributed by atoms with Crippen molar-refractivity contribution < 1.29 is 9.18 Å². The number of nitrogens with two attached hydrogens (primary N) is 1. The zero-order valence-corrected chi connectivity index (χ0v) is 10.8. The summed E-state index contributed by atoms with van der Waals surface area (Å²) in [6, 6.07) is 5.82. The lowest BCUT2D eigenvalue weighted by atomic mass is 9.87. The number of rotatable bonds is 1. The SMILES string of the molecule is CC1(C)CCC(N)CN1C(=O)c1cccc(F)c1. The van der Waals surface area contributed by atoms with Crippen molar-refractivity contribution in [3.05, 3.63) is 35.6 Å². The van der Waals surface area contributed by atoms with Gasteiger partial charge in [0, 0.05) is 23.7 Å². The van der Waals surface area contributed by atoms with Gasteiger partial charge in [0.2, 0.25) is 0 Å². The average molecular weight is 250 g/mol. The first-order valence-corrected chi connectivity index (χ1v) is 6.23. The maximum absolute atomic E-state index is 13.2. The highest BCUT2D eigenvalue weighted by atomic mass is 19.1. The summed E-state index contributed by atoms with van der Waals surface area (Å²) in [6.07, 6.45) is 1.79. The van der Waals surface area contributed by atoms with Gasteiger partial charge in [-0.05, 0) is 44.9 Å². The molecule has 4 heteroatoms. The van der Waals surface area contributed by atoms with Gasteiger partial charge in [0.25, 0.3) is 5.91 Å². The second kappa shape index (κ2) is 4.69. The normalized spacial score (nSPS) is 22.9. The maximum atomic E-state index is 13.2. The Kier molecular flexibility index (Phi) is 3.39. The van der Waals surface area contributed by atoms with Crippen molar-refractivity contribution in [2.45, 2.75) is 38.3 Å². The van der Waals surface area contributed by atoms with E-state index in [1.807, 2.05) is 13.8 Å². The van der Waals surface area contributed by atoms with E-state index in [0.717, 1.165) is 12.8 Å². The molecule has 0 spiro atoms. The van der Waals surface area contributed by atoms with Crippen LogP contribution in [0.5, 0.6) is 0 Å². The van der Waals surface area contributed by atoms with Gasteiger partial charge >= 0.3 is 0 Å². The van der Waals surface area contributed by atoms with E-state index in [1.54, 1.807) is 17.0 Å². The molecule has 0 aromatic heterocycles. The highest BCUT2D eigenvalue weighted by Crippen LogP contribution is 2.28. The number of likely N-dealkylation sites (tertiary alicyclic amines) is 1. The summed E-state index contributed by atoms with van der Waals surface area (Å²) in [6.45, 7) is 4.58. The summed E-state index contributed by atoms with van der Waals surface area (Å²) in [4.78, 5) is 14.2. The van der Waals surface area contributed by atoms with Gasteiger partial charge in [-0.1, -0.05) is 6.07 Å². The van der Waals surface area contributed by atoms with E-state index in [-0.39, 0.29) is 23.3 Å². The maximum Gasteiger partial charge on any atom is 0.254 e. The number of amides is 1. The fourth-order valence-electron chi connectivity index (χ4n) is 2.38. The van der Waals surface area contributed by atoms with Gasteiger partial charge in [-0.3, -0.25) is 4.79 Å². The van der Waals surface area contributed by atoms with Crippen LogP contribution >= 0.6 is 0 Å². The zero-order chi connectivity index (χ0) is 13.3. The largest absolute Gasteiger partial charge is 0.332 e. The minimum absolute atomic E-state index is 0.00975. The minimum atomic E-state index is -0.389. The van der Waals surface area contributed by atoms with Gasteiger partial charge in [0.15, 0.2) is 0 Å². The number of halogens is 1. The molecule has 1 fully saturated rings. The van der Waals surface area contributed by atoms with Gasteiger partial charge in [-0.25, -0.2) is 4.39 Å². The third-order valence-electron chi connectivity index (χ3n) is 3.59. The molecule has 98 valence electrons. The number of benzene rings is 1. The highest BCUT2D eigenvalue weighted by molar-refractivity contribution is 5.94. The molecule has 1 unspecified atom stereocenters. The smallest absolute Gasteiger partial charge is 0.254 e. The molecule has 0 radical (unpaired) electrons. The lowest BCUT2D eigenvalue weighted by Crippen LogP contribution is -2.56. The minimum Gasteiger partial charge on any atom is -0.332 e. The van der Waals surface area contributed by atoms with Crippen LogP contribution in [0.15, 0.2) is 24.3 Å². The molecule has 1 amide bonds. The molecule has 1 aromatic rings. The molecule has 1 saturated heterocycles. The average Bonchev–Trinajstić information content (AvgIpc) is 2.31. The molecule has 0 aliphatic carbocycles. The van der Waals surface area contributed by atoms with E-state index in [1.165, 1.54) is 12.1 Å². The summed E-state index contributed by atoms with van der Waals surface area (Å²) in [5, 5.41) is 0. The van der Waals surface area contributed by atoms with Crippen LogP contribution in [0.4, 0.5) is 4.39 Å². The van der Waals surface area contributed by atoms with Gasteiger partial charge in [0.05, 0.1) is 0 Å². The molecule has 1 atom stereocenters. The Morgan fingerprint density at radius 1 is 1.50 bits per heavy atom. The molecular weight excluding hydrogens is 231 g/mol. The number of hydrogen-bond donors (Lipinski definition) is 1. The molecule has 3 nitrogen and oxygen atoms in total. The van der Waals surface area contributed by atoms with E-state index in [9.17, 15) is 9.18 Å². The van der Waals surface area contributed by atoms with Gasteiger partial charge in [-0.15, -0.1) is 0 Å². The topological polar surface area (TPSA) is 46.3 Å². The number of piperidine rings is 1. The molecule has 0 bridgehead atoms. The third-order valence-corrected chi connectivity index (χ3v) is 3.59. The van der Waals surface area contributed by atoms with Crippen LogP contribution in [-0.4, -0.2) is 28.9 Å². The van der Waals surface area contributed by atoms with E-state index < -0.39 is 0 Å². The monoisotopic (exact) mass is 250 g/mol. The van der Waals surface area contributed by atoms with Crippen LogP contribution < -0.4 is 5.73 Å². The van der Waals surface area contributed by atoms with Crippen molar-refractivity contribution in [1.82, 2.24) is 4.90 Å². The van der Waals surface area contributed by atoms with E-state index in [0.29, 0.717) is 12.1 Å². The van der Waals surface area contributed by atoms with Crippen molar-refractivity contribution in [2.75, 3.05) is 6.54 Å². The first kappa shape index (κ1) is 13.0. The van der Waals surface area contributed by atoms with Crippen LogP contribution in [0.1, 0.15) is 37.0 Å². The molecule has 18 heavy (non-hydrogen) atoms. The number of hydrogen-bond acceptors (Lipinski definition) is 2. The lowest BCUT2D eigenvalue weighted by Gasteiger charge is -2.44. The predicted octanol–water partition coefficient (Wildman–Crippen LogP) is 2.17. The first-order valence-electron chi connectivity index (χ1n) is 6.23. The van der Waals surface area contributed by atoms with Crippen molar-refractivity contribution in [3.63, 3.8) is 0 Å². The third kappa shape index (κ3) is 2.53. The lowest BCUT2D eigenvalue weighted by molar-refractivity contribution is 0.0395. The number of nitrogens with zero attached hydrogens (tertiary/aromatic N) is 1. The molecule has 1 aromatic carbocycles. The Bertz CT molecular complexity index is 459. The Morgan fingerprint density at radius 2 is 2.22 bits per heavy atom. The Balaban J connectivity index is 2.26. The second-order valence-corrected chi connectivity index (χ2v) is 5.54. The van der Waals surface area contributed by atoms with E-state index >= 15 is 0 Å². The molecule has 1 heterocycles. The van der Waals surface area contributed by atoms with Crippen LogP contribution in [0.3, 0.4) is 0 Å². The summed E-state index contributed by atoms with van der Waals surface area (Å²) in [7, 11) is 0. The van der Waals surface area contributed by atoms with Crippen LogP contribution in [0.2, 0.25) is 0 Å². The van der Waals surface area contributed by atoms with Crippen LogP contribution in [-0.2, 0) is 0 Å². The highest BCUT2D eigenvalue weighted by Gasteiger charge is 2.36. The standard InChI is InChI=1S/C14H19FN2O/c1-14(2)7-6-12(16)9-17(14)13(18)10-4-3-5-11(15)8-10/h3-5,8,12H,6-7,9,16H2,1-2H3. The fraction of sp³-hybridized carbons (Fsp3) is 0.500. The molecule has 1 aliphatic rings. The van der Waals surface area contributed by atoms with Crippen molar-refractivity contribution in [3.8, 4) is 0 Å². The fourth-order valence-corrected chi connectivity index (χ4v) is 2.38. The molecule has 2 N–H and O–H groups in total. The molecule has 1 aliphatic heterocycles. The molecular formula is C14H19FN2O. The van der Waals surface area contributed by atoms with Crippen molar-refractivity contribution in [2.24, 2.45) is 5.73 Å². The van der Waals surface area contributed by atoms with Gasteiger partial charge < -0.3 is 10.6 Å².